The smallest absolute Gasteiger partial charge is 0.351 e. The SMILES string of the molecule is CN(C)c1ccc2c(c1)oc(=O)c1c(=O)oc3ccccc3c12. The van der Waals surface area contributed by atoms with E-state index in [0.29, 0.717) is 21.9 Å². The third-order valence-electron chi connectivity index (χ3n) is 3.97. The summed E-state index contributed by atoms with van der Waals surface area (Å²) in [4.78, 5) is 26.4. The van der Waals surface area contributed by atoms with Crippen LogP contribution in [-0.2, 0) is 0 Å². The molecule has 0 unspecified atom stereocenters. The topological polar surface area (TPSA) is 63.7 Å². The van der Waals surface area contributed by atoms with E-state index in [4.69, 9.17) is 8.83 Å². The van der Waals surface area contributed by atoms with Crippen molar-refractivity contribution in [3.05, 3.63) is 63.3 Å². The average Bonchev–Trinajstić information content (AvgIpc) is 2.53. The molecule has 114 valence electrons. The summed E-state index contributed by atoms with van der Waals surface area (Å²) in [6.07, 6.45) is 0. The van der Waals surface area contributed by atoms with E-state index in [1.54, 1.807) is 18.2 Å². The lowest BCUT2D eigenvalue weighted by molar-refractivity contribution is 0.547. The molecule has 0 radical (unpaired) electrons. The molecular weight excluding hydrogens is 294 g/mol. The number of hydrogen-bond acceptors (Lipinski definition) is 5. The van der Waals surface area contributed by atoms with Gasteiger partial charge in [-0.3, -0.25) is 0 Å². The molecule has 23 heavy (non-hydrogen) atoms. The summed E-state index contributed by atoms with van der Waals surface area (Å²) in [7, 11) is 3.81. The molecule has 0 N–H and O–H groups in total. The van der Waals surface area contributed by atoms with Crippen molar-refractivity contribution in [2.75, 3.05) is 19.0 Å². The number of nitrogens with zero attached hydrogens (tertiary/aromatic N) is 1. The van der Waals surface area contributed by atoms with Crippen LogP contribution in [0, 0.1) is 0 Å². The lowest BCUT2D eigenvalue weighted by Gasteiger charge is -2.13. The minimum atomic E-state index is -0.678. The van der Waals surface area contributed by atoms with Crippen LogP contribution in [0.3, 0.4) is 0 Å². The molecule has 5 heteroatoms. The fraction of sp³-hybridized carbons (Fsp3) is 0.111. The van der Waals surface area contributed by atoms with Crippen LogP contribution < -0.4 is 16.2 Å². The predicted octanol–water partition coefficient (Wildman–Crippen LogP) is 3.12. The van der Waals surface area contributed by atoms with E-state index in [2.05, 4.69) is 0 Å². The molecule has 2 aromatic heterocycles. The molecule has 0 saturated carbocycles. The standard InChI is InChI=1S/C18H13NO4/c1-19(2)10-7-8-12-14(9-10)23-18(21)16-15(12)11-5-3-4-6-13(11)22-17(16)20/h3-9H,1-2H3. The number of benzene rings is 2. The van der Waals surface area contributed by atoms with Gasteiger partial charge >= 0.3 is 11.3 Å². The summed E-state index contributed by atoms with van der Waals surface area (Å²) in [5.41, 5.74) is 0.458. The molecule has 0 atom stereocenters. The van der Waals surface area contributed by atoms with E-state index >= 15 is 0 Å². The van der Waals surface area contributed by atoms with Crippen LogP contribution in [-0.4, -0.2) is 14.1 Å². The van der Waals surface area contributed by atoms with Gasteiger partial charge < -0.3 is 13.7 Å². The number of para-hydroxylation sites is 1. The number of anilines is 1. The molecule has 0 fully saturated rings. The normalized spacial score (nSPS) is 11.4. The summed E-state index contributed by atoms with van der Waals surface area (Å²) < 4.78 is 10.6. The number of rotatable bonds is 1. The van der Waals surface area contributed by atoms with Gasteiger partial charge in [0.1, 0.15) is 11.2 Å². The molecule has 0 aliphatic rings. The summed E-state index contributed by atoms with van der Waals surface area (Å²) >= 11 is 0. The Bertz CT molecular complexity index is 1180. The fourth-order valence-electron chi connectivity index (χ4n) is 2.85. The van der Waals surface area contributed by atoms with Gasteiger partial charge in [-0.25, -0.2) is 9.59 Å². The largest absolute Gasteiger partial charge is 0.422 e. The van der Waals surface area contributed by atoms with Gasteiger partial charge in [0.15, 0.2) is 5.39 Å². The molecule has 4 aromatic rings. The zero-order valence-corrected chi connectivity index (χ0v) is 12.6. The first-order valence-electron chi connectivity index (χ1n) is 7.16. The van der Waals surface area contributed by atoms with E-state index in [-0.39, 0.29) is 5.39 Å². The van der Waals surface area contributed by atoms with Crippen molar-refractivity contribution in [1.29, 1.82) is 0 Å². The monoisotopic (exact) mass is 307 g/mol. The molecular formula is C18H13NO4. The highest BCUT2D eigenvalue weighted by atomic mass is 16.4. The van der Waals surface area contributed by atoms with Crippen molar-refractivity contribution in [2.24, 2.45) is 0 Å². The van der Waals surface area contributed by atoms with Crippen molar-refractivity contribution < 1.29 is 8.83 Å². The number of hydrogen-bond donors (Lipinski definition) is 0. The first-order chi connectivity index (χ1) is 11.1. The van der Waals surface area contributed by atoms with Gasteiger partial charge in [-0.1, -0.05) is 18.2 Å². The Morgan fingerprint density at radius 2 is 1.43 bits per heavy atom. The lowest BCUT2D eigenvalue weighted by atomic mass is 10.0. The summed E-state index contributed by atoms with van der Waals surface area (Å²) in [5, 5.41) is 1.97. The van der Waals surface area contributed by atoms with Crippen LogP contribution in [0.1, 0.15) is 0 Å². The second-order valence-electron chi connectivity index (χ2n) is 5.60. The maximum atomic E-state index is 12.3. The molecule has 0 aliphatic carbocycles. The van der Waals surface area contributed by atoms with Gasteiger partial charge in [0, 0.05) is 42.0 Å². The van der Waals surface area contributed by atoms with Crippen LogP contribution in [0.2, 0.25) is 0 Å². The molecule has 2 aromatic carbocycles. The van der Waals surface area contributed by atoms with E-state index in [9.17, 15) is 9.59 Å². The first kappa shape index (κ1) is 13.6. The van der Waals surface area contributed by atoms with Crippen LogP contribution in [0.4, 0.5) is 5.69 Å². The van der Waals surface area contributed by atoms with Crippen LogP contribution in [0.15, 0.2) is 60.9 Å². The Morgan fingerprint density at radius 3 is 2.17 bits per heavy atom. The molecule has 0 aliphatic heterocycles. The van der Waals surface area contributed by atoms with Crippen LogP contribution in [0.25, 0.3) is 32.7 Å². The summed E-state index contributed by atoms with van der Waals surface area (Å²) in [5.74, 6) is 0. The minimum absolute atomic E-state index is 0.0474. The summed E-state index contributed by atoms with van der Waals surface area (Å²) in [6.45, 7) is 0. The third-order valence-corrected chi connectivity index (χ3v) is 3.97. The fourth-order valence-corrected chi connectivity index (χ4v) is 2.85. The quantitative estimate of drug-likeness (QED) is 0.399. The minimum Gasteiger partial charge on any atom is -0.422 e. The van der Waals surface area contributed by atoms with Gasteiger partial charge in [0.25, 0.3) is 0 Å². The van der Waals surface area contributed by atoms with Gasteiger partial charge in [-0.05, 0) is 18.2 Å². The van der Waals surface area contributed by atoms with Gasteiger partial charge in [0.05, 0.1) is 0 Å². The molecule has 2 heterocycles. The van der Waals surface area contributed by atoms with E-state index in [0.717, 1.165) is 11.1 Å². The molecule has 0 bridgehead atoms. The van der Waals surface area contributed by atoms with E-state index < -0.39 is 11.3 Å². The van der Waals surface area contributed by atoms with Crippen molar-refractivity contribution >= 4 is 38.4 Å². The molecule has 0 amide bonds. The highest BCUT2D eigenvalue weighted by Crippen LogP contribution is 2.30. The van der Waals surface area contributed by atoms with Gasteiger partial charge in [-0.2, -0.15) is 0 Å². The molecule has 5 nitrogen and oxygen atoms in total. The molecule has 4 rings (SSSR count). The van der Waals surface area contributed by atoms with Crippen molar-refractivity contribution in [2.45, 2.75) is 0 Å². The molecule has 0 saturated heterocycles. The highest BCUT2D eigenvalue weighted by molar-refractivity contribution is 6.16. The lowest BCUT2D eigenvalue weighted by Crippen LogP contribution is -2.13. The van der Waals surface area contributed by atoms with Gasteiger partial charge in [0.2, 0.25) is 0 Å². The summed E-state index contributed by atoms with van der Waals surface area (Å²) in [6, 6.07) is 12.8. The van der Waals surface area contributed by atoms with E-state index in [1.807, 2.05) is 43.3 Å². The van der Waals surface area contributed by atoms with Crippen LogP contribution in [0.5, 0.6) is 0 Å². The second-order valence-corrected chi connectivity index (χ2v) is 5.60. The van der Waals surface area contributed by atoms with Crippen molar-refractivity contribution in [3.8, 4) is 0 Å². The maximum absolute atomic E-state index is 12.3. The van der Waals surface area contributed by atoms with Gasteiger partial charge in [-0.15, -0.1) is 0 Å². The Morgan fingerprint density at radius 1 is 0.783 bits per heavy atom. The third kappa shape index (κ3) is 1.93. The predicted molar refractivity (Wildman–Crippen MR) is 90.4 cm³/mol. The highest BCUT2D eigenvalue weighted by Gasteiger charge is 2.16. The Kier molecular flexibility index (Phi) is 2.78. The van der Waals surface area contributed by atoms with Crippen LogP contribution >= 0.6 is 0 Å². The average molecular weight is 307 g/mol. The second kappa shape index (κ2) is 4.71. The first-order valence-corrected chi connectivity index (χ1v) is 7.16. The zero-order valence-electron chi connectivity index (χ0n) is 12.6. The van der Waals surface area contributed by atoms with E-state index in [1.165, 1.54) is 0 Å². The molecule has 0 spiro atoms. The maximum Gasteiger partial charge on any atom is 0.351 e. The zero-order chi connectivity index (χ0) is 16.1. The van der Waals surface area contributed by atoms with Crippen molar-refractivity contribution in [1.82, 2.24) is 0 Å². The Hall–Kier alpha value is -3.08. The van der Waals surface area contributed by atoms with Crippen molar-refractivity contribution in [3.63, 3.8) is 0 Å². The Balaban J connectivity index is 2.33. The number of fused-ring (bicyclic) bond motifs is 5. The Labute approximate surface area is 130 Å².